The first-order valence-corrected chi connectivity index (χ1v) is 12.8. The molecule has 188 valence electrons. The molecule has 0 bridgehead atoms. The summed E-state index contributed by atoms with van der Waals surface area (Å²) in [4.78, 5) is 19.0. The highest BCUT2D eigenvalue weighted by Gasteiger charge is 2.20. The van der Waals surface area contributed by atoms with Crippen molar-refractivity contribution < 1.29 is 5.11 Å². The van der Waals surface area contributed by atoms with Crippen LogP contribution in [0, 0.1) is 11.3 Å². The zero-order valence-electron chi connectivity index (χ0n) is 22.0. The minimum absolute atomic E-state index is 0.0675. The standard InChI is InChI=1S/C32H33N3O2/c1-5-10-29-28(19-22-15-17-23(18-16-22)27-14-8-7-11-24(27)21-33)31(36)35(30(6-2)34-29)26-13-9-12-25(20-26)32(3,4)37/h7-9,11-18,20,37H,5-6,10,19H2,1-4H3. The zero-order valence-corrected chi connectivity index (χ0v) is 22.0. The number of aromatic nitrogens is 2. The normalized spacial score (nSPS) is 11.4. The van der Waals surface area contributed by atoms with E-state index < -0.39 is 5.60 Å². The Morgan fingerprint density at radius 2 is 1.73 bits per heavy atom. The molecule has 0 saturated carbocycles. The predicted molar refractivity (Wildman–Crippen MR) is 148 cm³/mol. The predicted octanol–water partition coefficient (Wildman–Crippen LogP) is 6.10. The van der Waals surface area contributed by atoms with Crippen molar-refractivity contribution in [2.75, 3.05) is 0 Å². The Balaban J connectivity index is 1.79. The molecule has 0 radical (unpaired) electrons. The molecule has 0 spiro atoms. The van der Waals surface area contributed by atoms with E-state index >= 15 is 0 Å². The van der Waals surface area contributed by atoms with Crippen LogP contribution in [0.4, 0.5) is 0 Å². The van der Waals surface area contributed by atoms with Gasteiger partial charge in [0, 0.05) is 18.4 Å². The summed E-state index contributed by atoms with van der Waals surface area (Å²) in [6.45, 7) is 7.58. The average Bonchev–Trinajstić information content (AvgIpc) is 2.90. The van der Waals surface area contributed by atoms with Crippen LogP contribution in [0.15, 0.2) is 77.6 Å². The van der Waals surface area contributed by atoms with Crippen molar-refractivity contribution >= 4 is 0 Å². The van der Waals surface area contributed by atoms with Gasteiger partial charge in [0.25, 0.3) is 5.56 Å². The van der Waals surface area contributed by atoms with Crippen LogP contribution in [-0.4, -0.2) is 14.7 Å². The molecule has 3 aromatic carbocycles. The second-order valence-corrected chi connectivity index (χ2v) is 9.84. The highest BCUT2D eigenvalue weighted by molar-refractivity contribution is 5.70. The number of aryl methyl sites for hydroxylation is 2. The second-order valence-electron chi connectivity index (χ2n) is 9.84. The maximum atomic E-state index is 14.0. The largest absolute Gasteiger partial charge is 0.386 e. The topological polar surface area (TPSA) is 78.9 Å². The molecular formula is C32H33N3O2. The van der Waals surface area contributed by atoms with Crippen LogP contribution in [0.5, 0.6) is 0 Å². The van der Waals surface area contributed by atoms with Crippen LogP contribution in [0.3, 0.4) is 0 Å². The SMILES string of the molecule is CCCc1nc(CC)n(-c2cccc(C(C)(C)O)c2)c(=O)c1Cc1ccc(-c2ccccc2C#N)cc1. The van der Waals surface area contributed by atoms with Gasteiger partial charge in [-0.3, -0.25) is 9.36 Å². The van der Waals surface area contributed by atoms with E-state index in [0.717, 1.165) is 40.8 Å². The first kappa shape index (κ1) is 26.1. The number of hydrogen-bond acceptors (Lipinski definition) is 4. The Labute approximate surface area is 218 Å². The van der Waals surface area contributed by atoms with Crippen LogP contribution < -0.4 is 5.56 Å². The van der Waals surface area contributed by atoms with E-state index in [2.05, 4.69) is 13.0 Å². The van der Waals surface area contributed by atoms with E-state index in [0.29, 0.717) is 35.5 Å². The maximum Gasteiger partial charge on any atom is 0.261 e. The molecule has 1 heterocycles. The van der Waals surface area contributed by atoms with Gasteiger partial charge in [-0.2, -0.15) is 5.26 Å². The number of hydrogen-bond donors (Lipinski definition) is 1. The lowest BCUT2D eigenvalue weighted by Crippen LogP contribution is -2.29. The van der Waals surface area contributed by atoms with Gasteiger partial charge in [-0.05, 0) is 60.7 Å². The van der Waals surface area contributed by atoms with Gasteiger partial charge in [0.1, 0.15) is 5.82 Å². The molecule has 0 amide bonds. The minimum atomic E-state index is -1.02. The fourth-order valence-electron chi connectivity index (χ4n) is 4.64. The summed E-state index contributed by atoms with van der Waals surface area (Å²) in [6, 6.07) is 25.3. The van der Waals surface area contributed by atoms with Gasteiger partial charge in [0.2, 0.25) is 0 Å². The van der Waals surface area contributed by atoms with E-state index in [-0.39, 0.29) is 5.56 Å². The van der Waals surface area contributed by atoms with E-state index in [4.69, 9.17) is 4.98 Å². The van der Waals surface area contributed by atoms with E-state index in [1.807, 2.05) is 79.7 Å². The van der Waals surface area contributed by atoms with Gasteiger partial charge in [0.15, 0.2) is 0 Å². The molecule has 0 saturated heterocycles. The molecule has 0 aliphatic rings. The van der Waals surface area contributed by atoms with Gasteiger partial charge in [0.05, 0.1) is 28.6 Å². The molecule has 0 aliphatic heterocycles. The summed E-state index contributed by atoms with van der Waals surface area (Å²) < 4.78 is 1.70. The Morgan fingerprint density at radius 1 is 1.00 bits per heavy atom. The maximum absolute atomic E-state index is 14.0. The highest BCUT2D eigenvalue weighted by atomic mass is 16.3. The molecular weight excluding hydrogens is 458 g/mol. The van der Waals surface area contributed by atoms with E-state index in [1.165, 1.54) is 0 Å². The summed E-state index contributed by atoms with van der Waals surface area (Å²) in [7, 11) is 0. The molecule has 4 aromatic rings. The minimum Gasteiger partial charge on any atom is -0.386 e. The average molecular weight is 492 g/mol. The van der Waals surface area contributed by atoms with Crippen molar-refractivity contribution in [3.63, 3.8) is 0 Å². The molecule has 5 heteroatoms. The van der Waals surface area contributed by atoms with Crippen molar-refractivity contribution in [2.24, 2.45) is 0 Å². The monoisotopic (exact) mass is 491 g/mol. The van der Waals surface area contributed by atoms with Crippen molar-refractivity contribution in [1.29, 1.82) is 5.26 Å². The molecule has 4 rings (SSSR count). The summed E-state index contributed by atoms with van der Waals surface area (Å²) >= 11 is 0. The van der Waals surface area contributed by atoms with Crippen molar-refractivity contribution in [1.82, 2.24) is 9.55 Å². The lowest BCUT2D eigenvalue weighted by molar-refractivity contribution is 0.0786. The molecule has 0 unspecified atom stereocenters. The molecule has 0 aliphatic carbocycles. The van der Waals surface area contributed by atoms with E-state index in [9.17, 15) is 15.2 Å². The number of nitrogens with zero attached hydrogens (tertiary/aromatic N) is 3. The Bertz CT molecular complexity index is 1500. The van der Waals surface area contributed by atoms with E-state index in [1.54, 1.807) is 18.4 Å². The van der Waals surface area contributed by atoms with Gasteiger partial charge < -0.3 is 5.11 Å². The van der Waals surface area contributed by atoms with Crippen LogP contribution in [0.2, 0.25) is 0 Å². The quantitative estimate of drug-likeness (QED) is 0.323. The third-order valence-electron chi connectivity index (χ3n) is 6.64. The van der Waals surface area contributed by atoms with Gasteiger partial charge in [-0.25, -0.2) is 4.98 Å². The Hall–Kier alpha value is -4.01. The smallest absolute Gasteiger partial charge is 0.261 e. The Kier molecular flexibility index (Phi) is 7.71. The summed E-state index contributed by atoms with van der Waals surface area (Å²) in [5, 5.41) is 20.0. The molecule has 37 heavy (non-hydrogen) atoms. The molecule has 5 nitrogen and oxygen atoms in total. The zero-order chi connectivity index (χ0) is 26.6. The highest BCUT2D eigenvalue weighted by Crippen LogP contribution is 2.25. The lowest BCUT2D eigenvalue weighted by atomic mass is 9.96. The third-order valence-corrected chi connectivity index (χ3v) is 6.64. The third kappa shape index (κ3) is 5.55. The van der Waals surface area contributed by atoms with Crippen LogP contribution in [0.1, 0.15) is 67.9 Å². The van der Waals surface area contributed by atoms with Gasteiger partial charge >= 0.3 is 0 Å². The van der Waals surface area contributed by atoms with Crippen LogP contribution >= 0.6 is 0 Å². The number of nitriles is 1. The van der Waals surface area contributed by atoms with Crippen molar-refractivity contribution in [3.8, 4) is 22.9 Å². The summed E-state index contributed by atoms with van der Waals surface area (Å²) in [5.41, 5.74) is 5.41. The van der Waals surface area contributed by atoms with Crippen LogP contribution in [-0.2, 0) is 24.9 Å². The molecule has 1 aromatic heterocycles. The first-order chi connectivity index (χ1) is 17.8. The molecule has 0 atom stereocenters. The van der Waals surface area contributed by atoms with Crippen LogP contribution in [0.25, 0.3) is 16.8 Å². The number of aliphatic hydroxyl groups is 1. The fourth-order valence-corrected chi connectivity index (χ4v) is 4.64. The molecule has 0 fully saturated rings. The number of benzene rings is 3. The second kappa shape index (κ2) is 10.9. The Morgan fingerprint density at radius 3 is 2.38 bits per heavy atom. The first-order valence-electron chi connectivity index (χ1n) is 12.8. The summed E-state index contributed by atoms with van der Waals surface area (Å²) in [6.07, 6.45) is 2.71. The molecule has 1 N–H and O–H groups in total. The van der Waals surface area contributed by atoms with Gasteiger partial charge in [-0.15, -0.1) is 0 Å². The fraction of sp³-hybridized carbons (Fsp3) is 0.281. The lowest BCUT2D eigenvalue weighted by Gasteiger charge is -2.21. The van der Waals surface area contributed by atoms with Crippen molar-refractivity contribution in [2.45, 2.75) is 59.0 Å². The summed E-state index contributed by atoms with van der Waals surface area (Å²) in [5.74, 6) is 0.716. The number of rotatable bonds is 8. The van der Waals surface area contributed by atoms with Crippen molar-refractivity contribution in [3.05, 3.63) is 117 Å². The van der Waals surface area contributed by atoms with Gasteiger partial charge in [-0.1, -0.05) is 74.9 Å².